The van der Waals surface area contributed by atoms with Crippen LogP contribution in [0.25, 0.3) is 0 Å². The standard InChI is InChI=1S/C18H22N2O3S/c1-13-9-10-14(2)18(11-13)24(21,22)20-19-15(3)12-16-7-5-6-8-17(16)23-4/h5-11,20H,12H2,1-4H3/b19-15-. The van der Waals surface area contributed by atoms with Crippen LogP contribution >= 0.6 is 0 Å². The highest BCUT2D eigenvalue weighted by molar-refractivity contribution is 7.89. The molecule has 0 fully saturated rings. The van der Waals surface area contributed by atoms with E-state index in [1.54, 1.807) is 33.1 Å². The van der Waals surface area contributed by atoms with E-state index >= 15 is 0 Å². The van der Waals surface area contributed by atoms with Crippen LogP contribution in [-0.2, 0) is 16.4 Å². The number of methoxy groups -OCH3 is 1. The van der Waals surface area contributed by atoms with Gasteiger partial charge >= 0.3 is 0 Å². The maximum Gasteiger partial charge on any atom is 0.276 e. The van der Waals surface area contributed by atoms with Crippen molar-refractivity contribution >= 4 is 15.7 Å². The van der Waals surface area contributed by atoms with Gasteiger partial charge in [0, 0.05) is 12.1 Å². The van der Waals surface area contributed by atoms with E-state index in [2.05, 4.69) is 9.93 Å². The summed E-state index contributed by atoms with van der Waals surface area (Å²) < 4.78 is 30.2. The highest BCUT2D eigenvalue weighted by atomic mass is 32.2. The minimum atomic E-state index is -3.69. The average Bonchev–Trinajstić information content (AvgIpc) is 2.56. The second-order valence-corrected chi connectivity index (χ2v) is 7.33. The monoisotopic (exact) mass is 346 g/mol. The lowest BCUT2D eigenvalue weighted by atomic mass is 10.1. The number of nitrogens with one attached hydrogen (secondary N) is 1. The predicted molar refractivity (Wildman–Crippen MR) is 96.0 cm³/mol. The molecule has 0 aliphatic carbocycles. The molecule has 6 heteroatoms. The molecular weight excluding hydrogens is 324 g/mol. The Balaban J connectivity index is 2.18. The van der Waals surface area contributed by atoms with Gasteiger partial charge in [0.1, 0.15) is 5.75 Å². The molecule has 0 saturated heterocycles. The molecule has 2 aromatic rings. The summed E-state index contributed by atoms with van der Waals surface area (Å²) in [6.45, 7) is 5.39. The zero-order chi connectivity index (χ0) is 17.7. The number of aryl methyl sites for hydroxylation is 2. The third-order valence-corrected chi connectivity index (χ3v) is 4.98. The predicted octanol–water partition coefficient (Wildman–Crippen LogP) is 3.21. The summed E-state index contributed by atoms with van der Waals surface area (Å²) in [5.41, 5.74) is 3.17. The van der Waals surface area contributed by atoms with Crippen LogP contribution in [0, 0.1) is 13.8 Å². The molecule has 0 aliphatic rings. The summed E-state index contributed by atoms with van der Waals surface area (Å²) in [5.74, 6) is 0.754. The van der Waals surface area contributed by atoms with Gasteiger partial charge in [-0.05, 0) is 49.6 Å². The van der Waals surface area contributed by atoms with E-state index in [1.807, 2.05) is 37.3 Å². The molecule has 128 valence electrons. The first-order chi connectivity index (χ1) is 11.3. The van der Waals surface area contributed by atoms with Gasteiger partial charge in [-0.1, -0.05) is 30.3 Å². The van der Waals surface area contributed by atoms with E-state index in [0.29, 0.717) is 17.7 Å². The molecule has 5 nitrogen and oxygen atoms in total. The summed E-state index contributed by atoms with van der Waals surface area (Å²) in [7, 11) is -2.08. The number of benzene rings is 2. The number of ether oxygens (including phenoxy) is 1. The van der Waals surface area contributed by atoms with Crippen LogP contribution in [0.5, 0.6) is 5.75 Å². The van der Waals surface area contributed by atoms with E-state index in [1.165, 1.54) is 0 Å². The number of para-hydroxylation sites is 1. The lowest BCUT2D eigenvalue weighted by Gasteiger charge is -2.10. The smallest absolute Gasteiger partial charge is 0.276 e. The third kappa shape index (κ3) is 4.35. The molecule has 0 aromatic heterocycles. The fraction of sp³-hybridized carbons (Fsp3) is 0.278. The third-order valence-electron chi connectivity index (χ3n) is 3.63. The lowest BCUT2D eigenvalue weighted by molar-refractivity contribution is 0.411. The number of hydrazone groups is 1. The first-order valence-electron chi connectivity index (χ1n) is 7.57. The Morgan fingerprint density at radius 3 is 2.58 bits per heavy atom. The molecule has 0 bridgehead atoms. The van der Waals surface area contributed by atoms with Crippen LogP contribution < -0.4 is 9.57 Å². The van der Waals surface area contributed by atoms with Crippen molar-refractivity contribution in [3.63, 3.8) is 0 Å². The molecule has 0 heterocycles. The minimum absolute atomic E-state index is 0.247. The summed E-state index contributed by atoms with van der Waals surface area (Å²) in [6.07, 6.45) is 0.499. The van der Waals surface area contributed by atoms with Crippen molar-refractivity contribution in [1.29, 1.82) is 0 Å². The van der Waals surface area contributed by atoms with Crippen LogP contribution in [0.2, 0.25) is 0 Å². The van der Waals surface area contributed by atoms with Gasteiger partial charge in [0.2, 0.25) is 0 Å². The molecular formula is C18H22N2O3S. The molecule has 0 spiro atoms. The van der Waals surface area contributed by atoms with Gasteiger partial charge in [-0.25, -0.2) is 4.83 Å². The second-order valence-electron chi connectivity index (χ2n) is 5.70. The summed E-state index contributed by atoms with van der Waals surface area (Å²) in [4.78, 5) is 2.57. The molecule has 0 aliphatic heterocycles. The molecule has 2 rings (SSSR count). The van der Waals surface area contributed by atoms with Crippen molar-refractivity contribution < 1.29 is 13.2 Å². The zero-order valence-electron chi connectivity index (χ0n) is 14.3. The van der Waals surface area contributed by atoms with Crippen molar-refractivity contribution in [2.24, 2.45) is 5.10 Å². The van der Waals surface area contributed by atoms with Gasteiger partial charge in [0.25, 0.3) is 10.0 Å². The van der Waals surface area contributed by atoms with Crippen LogP contribution in [0.1, 0.15) is 23.6 Å². The van der Waals surface area contributed by atoms with Crippen LogP contribution in [-0.4, -0.2) is 21.2 Å². The molecule has 24 heavy (non-hydrogen) atoms. The van der Waals surface area contributed by atoms with E-state index in [0.717, 1.165) is 16.9 Å². The topological polar surface area (TPSA) is 67.8 Å². The van der Waals surface area contributed by atoms with Gasteiger partial charge in [0.05, 0.1) is 12.0 Å². The maximum atomic E-state index is 12.4. The van der Waals surface area contributed by atoms with Gasteiger partial charge < -0.3 is 4.74 Å². The van der Waals surface area contributed by atoms with Gasteiger partial charge in [0.15, 0.2) is 0 Å². The fourth-order valence-electron chi connectivity index (χ4n) is 2.35. The second kappa shape index (κ2) is 7.49. The largest absolute Gasteiger partial charge is 0.496 e. The Labute approximate surface area is 143 Å². The summed E-state index contributed by atoms with van der Waals surface area (Å²) >= 11 is 0. The molecule has 0 amide bonds. The van der Waals surface area contributed by atoms with E-state index in [9.17, 15) is 8.42 Å². The molecule has 2 aromatic carbocycles. The molecule has 1 N–H and O–H groups in total. The van der Waals surface area contributed by atoms with Crippen LogP contribution in [0.4, 0.5) is 0 Å². The van der Waals surface area contributed by atoms with Crippen molar-refractivity contribution in [1.82, 2.24) is 4.83 Å². The van der Waals surface area contributed by atoms with Crippen molar-refractivity contribution in [2.75, 3.05) is 7.11 Å². The Hall–Kier alpha value is -2.34. The number of hydrogen-bond donors (Lipinski definition) is 1. The van der Waals surface area contributed by atoms with Crippen LogP contribution in [0.3, 0.4) is 0 Å². The van der Waals surface area contributed by atoms with E-state index in [-0.39, 0.29) is 4.90 Å². The zero-order valence-corrected chi connectivity index (χ0v) is 15.1. The Morgan fingerprint density at radius 2 is 1.88 bits per heavy atom. The molecule has 0 atom stereocenters. The first-order valence-corrected chi connectivity index (χ1v) is 9.06. The number of rotatable bonds is 6. The van der Waals surface area contributed by atoms with E-state index in [4.69, 9.17) is 4.74 Å². The molecule has 0 radical (unpaired) electrons. The SMILES string of the molecule is COc1ccccc1C/C(C)=N\NS(=O)(=O)c1cc(C)ccc1C. The fourth-order valence-corrected chi connectivity index (χ4v) is 3.56. The van der Waals surface area contributed by atoms with Crippen molar-refractivity contribution in [3.8, 4) is 5.75 Å². The van der Waals surface area contributed by atoms with Crippen molar-refractivity contribution in [2.45, 2.75) is 32.1 Å². The van der Waals surface area contributed by atoms with Crippen LogP contribution in [0.15, 0.2) is 52.5 Å². The molecule has 0 unspecified atom stereocenters. The number of sulfonamides is 1. The van der Waals surface area contributed by atoms with Gasteiger partial charge in [-0.2, -0.15) is 13.5 Å². The Morgan fingerprint density at radius 1 is 1.17 bits per heavy atom. The summed E-state index contributed by atoms with van der Waals surface area (Å²) in [5, 5.41) is 4.04. The molecule has 0 saturated carbocycles. The van der Waals surface area contributed by atoms with Gasteiger partial charge in [-0.15, -0.1) is 0 Å². The Kier molecular flexibility index (Phi) is 5.62. The number of hydrogen-bond acceptors (Lipinski definition) is 4. The minimum Gasteiger partial charge on any atom is -0.496 e. The summed E-state index contributed by atoms with van der Waals surface area (Å²) in [6, 6.07) is 12.9. The normalized spacial score (nSPS) is 12.1. The quantitative estimate of drug-likeness (QED) is 0.645. The average molecular weight is 346 g/mol. The highest BCUT2D eigenvalue weighted by Crippen LogP contribution is 2.19. The highest BCUT2D eigenvalue weighted by Gasteiger charge is 2.16. The lowest BCUT2D eigenvalue weighted by Crippen LogP contribution is -2.21. The van der Waals surface area contributed by atoms with Crippen molar-refractivity contribution in [3.05, 3.63) is 59.2 Å². The van der Waals surface area contributed by atoms with E-state index < -0.39 is 10.0 Å². The Bertz CT molecular complexity index is 858. The first kappa shape index (κ1) is 18.0. The van der Waals surface area contributed by atoms with Gasteiger partial charge in [-0.3, -0.25) is 0 Å². The maximum absolute atomic E-state index is 12.4. The number of nitrogens with zero attached hydrogens (tertiary/aromatic N) is 1.